The van der Waals surface area contributed by atoms with Gasteiger partial charge >= 0.3 is 0 Å². The summed E-state index contributed by atoms with van der Waals surface area (Å²) in [4.78, 5) is 14.7. The molecule has 1 aliphatic heterocycles. The van der Waals surface area contributed by atoms with Crippen LogP contribution < -0.4 is 0 Å². The first-order valence-corrected chi connectivity index (χ1v) is 6.60. The quantitative estimate of drug-likeness (QED) is 0.618. The Balaban J connectivity index is 2.08. The molecule has 94 valence electrons. The molecule has 2 rings (SSSR count). The van der Waals surface area contributed by atoms with Gasteiger partial charge in [-0.15, -0.1) is 11.8 Å². The van der Waals surface area contributed by atoms with Crippen LogP contribution >= 0.6 is 11.8 Å². The number of nitrogens with zero attached hydrogens (tertiary/aromatic N) is 2. The second-order valence-electron chi connectivity index (χ2n) is 4.73. The molecule has 1 aliphatic rings. The molecule has 0 saturated carbocycles. The molecule has 0 N–H and O–H groups in total. The lowest BCUT2D eigenvalue weighted by molar-refractivity contribution is -0.384. The van der Waals surface area contributed by atoms with E-state index in [1.165, 1.54) is 12.1 Å². The largest absolute Gasteiger partial charge is 0.272 e. The molecule has 0 atom stereocenters. The van der Waals surface area contributed by atoms with Crippen LogP contribution in [0.4, 0.5) is 5.69 Å². The summed E-state index contributed by atoms with van der Waals surface area (Å²) in [6.07, 6.45) is 3.89. The van der Waals surface area contributed by atoms with Crippen LogP contribution in [-0.2, 0) is 0 Å². The highest BCUT2D eigenvalue weighted by Gasteiger charge is 2.23. The van der Waals surface area contributed by atoms with Crippen molar-refractivity contribution in [2.75, 3.05) is 5.75 Å². The molecule has 0 saturated heterocycles. The summed E-state index contributed by atoms with van der Waals surface area (Å²) in [5.74, 6) is 0.993. The predicted octanol–water partition coefficient (Wildman–Crippen LogP) is 3.53. The minimum Gasteiger partial charge on any atom is -0.272 e. The lowest BCUT2D eigenvalue weighted by atomic mass is 10.1. The minimum atomic E-state index is -0.396. The normalized spacial score (nSPS) is 18.0. The maximum Gasteiger partial charge on any atom is 0.269 e. The Morgan fingerprint density at radius 3 is 2.50 bits per heavy atom. The van der Waals surface area contributed by atoms with Crippen molar-refractivity contribution >= 4 is 28.6 Å². The highest BCUT2D eigenvalue weighted by atomic mass is 32.2. The zero-order valence-electron chi connectivity index (χ0n) is 10.3. The van der Waals surface area contributed by atoms with Crippen LogP contribution in [0.15, 0.2) is 35.3 Å². The van der Waals surface area contributed by atoms with Crippen LogP contribution in [0.2, 0.25) is 0 Å². The van der Waals surface area contributed by atoms with Crippen molar-refractivity contribution in [3.63, 3.8) is 0 Å². The van der Waals surface area contributed by atoms with Gasteiger partial charge in [-0.25, -0.2) is 0 Å². The molecule has 1 heterocycles. The molecule has 18 heavy (non-hydrogen) atoms. The molecule has 0 unspecified atom stereocenters. The molecule has 5 heteroatoms. The van der Waals surface area contributed by atoms with Gasteiger partial charge in [-0.05, 0) is 37.6 Å². The molecule has 0 fully saturated rings. The average Bonchev–Trinajstić information content (AvgIpc) is 2.67. The van der Waals surface area contributed by atoms with Crippen molar-refractivity contribution in [3.05, 3.63) is 46.0 Å². The van der Waals surface area contributed by atoms with E-state index in [1.54, 1.807) is 23.9 Å². The number of nitro groups is 1. The van der Waals surface area contributed by atoms with Gasteiger partial charge in [0, 0.05) is 17.9 Å². The van der Waals surface area contributed by atoms with E-state index in [4.69, 9.17) is 0 Å². The number of non-ortho nitro benzene ring substituents is 1. The van der Waals surface area contributed by atoms with Gasteiger partial charge in [-0.2, -0.15) is 0 Å². The van der Waals surface area contributed by atoms with Gasteiger partial charge in [-0.3, -0.25) is 15.1 Å². The van der Waals surface area contributed by atoms with Crippen LogP contribution in [0.1, 0.15) is 19.4 Å². The summed E-state index contributed by atoms with van der Waals surface area (Å²) in [5, 5.41) is 11.5. The Kier molecular flexibility index (Phi) is 3.52. The number of aliphatic imine (C=N–C) groups is 1. The van der Waals surface area contributed by atoms with Crippen LogP contribution in [-0.4, -0.2) is 21.3 Å². The molecule has 0 aliphatic carbocycles. The fraction of sp³-hybridized carbons (Fsp3) is 0.308. The highest BCUT2D eigenvalue weighted by molar-refractivity contribution is 8.14. The number of benzene rings is 1. The fourth-order valence-electron chi connectivity index (χ4n) is 1.57. The summed E-state index contributed by atoms with van der Waals surface area (Å²) in [6.45, 7) is 4.21. The van der Waals surface area contributed by atoms with Crippen molar-refractivity contribution in [1.29, 1.82) is 0 Å². The van der Waals surface area contributed by atoms with E-state index in [9.17, 15) is 10.1 Å². The monoisotopic (exact) mass is 262 g/mol. The van der Waals surface area contributed by atoms with Gasteiger partial charge in [0.2, 0.25) is 0 Å². The molecule has 0 amide bonds. The Hall–Kier alpha value is -1.62. The van der Waals surface area contributed by atoms with Crippen molar-refractivity contribution in [2.45, 2.75) is 19.4 Å². The number of hydrogen-bond acceptors (Lipinski definition) is 4. The number of nitro benzene ring substituents is 1. The Labute approximate surface area is 110 Å². The third-order valence-electron chi connectivity index (χ3n) is 2.51. The maximum atomic E-state index is 10.5. The molecule has 0 bridgehead atoms. The van der Waals surface area contributed by atoms with Gasteiger partial charge in [0.1, 0.15) is 0 Å². The Bertz CT molecular complexity index is 518. The zero-order valence-corrected chi connectivity index (χ0v) is 11.1. The van der Waals surface area contributed by atoms with Crippen LogP contribution in [0.5, 0.6) is 0 Å². The first kappa shape index (κ1) is 12.8. The second-order valence-corrected chi connectivity index (χ2v) is 5.73. The van der Waals surface area contributed by atoms with Crippen molar-refractivity contribution in [1.82, 2.24) is 0 Å². The molecule has 4 nitrogen and oxygen atoms in total. The molecule has 1 aromatic carbocycles. The Morgan fingerprint density at radius 2 is 2.00 bits per heavy atom. The molecular formula is C13H14N2O2S. The fourth-order valence-corrected chi connectivity index (χ4v) is 2.62. The lowest BCUT2D eigenvalue weighted by Crippen LogP contribution is -2.15. The molecule has 0 radical (unpaired) electrons. The topological polar surface area (TPSA) is 55.5 Å². The van der Waals surface area contributed by atoms with E-state index in [2.05, 4.69) is 18.8 Å². The van der Waals surface area contributed by atoms with E-state index in [-0.39, 0.29) is 11.2 Å². The summed E-state index contributed by atoms with van der Waals surface area (Å²) in [7, 11) is 0. The predicted molar refractivity (Wildman–Crippen MR) is 76.1 cm³/mol. The average molecular weight is 262 g/mol. The SMILES string of the molecule is CC1(C)CSC(/C=C/c2ccc([N+](=O)[O-])cc2)=N1. The summed E-state index contributed by atoms with van der Waals surface area (Å²) in [5.41, 5.74) is 1.06. The van der Waals surface area contributed by atoms with E-state index in [0.717, 1.165) is 16.4 Å². The zero-order chi connectivity index (χ0) is 13.2. The van der Waals surface area contributed by atoms with E-state index in [0.29, 0.717) is 0 Å². The molecule has 0 spiro atoms. The molecule has 0 aromatic heterocycles. The highest BCUT2D eigenvalue weighted by Crippen LogP contribution is 2.27. The third kappa shape index (κ3) is 3.20. The number of hydrogen-bond donors (Lipinski definition) is 0. The number of thioether (sulfide) groups is 1. The summed E-state index contributed by atoms with van der Waals surface area (Å²) < 4.78 is 0. The molecular weight excluding hydrogens is 248 g/mol. The van der Waals surface area contributed by atoms with E-state index < -0.39 is 4.92 Å². The Morgan fingerprint density at radius 1 is 1.33 bits per heavy atom. The van der Waals surface area contributed by atoms with Crippen molar-refractivity contribution in [3.8, 4) is 0 Å². The third-order valence-corrected chi connectivity index (χ3v) is 3.88. The van der Waals surface area contributed by atoms with Gasteiger partial charge in [0.15, 0.2) is 0 Å². The number of rotatable bonds is 3. The van der Waals surface area contributed by atoms with E-state index in [1.807, 2.05) is 12.2 Å². The van der Waals surface area contributed by atoms with E-state index >= 15 is 0 Å². The van der Waals surface area contributed by atoms with Crippen LogP contribution in [0.3, 0.4) is 0 Å². The first-order chi connectivity index (χ1) is 8.46. The smallest absolute Gasteiger partial charge is 0.269 e. The van der Waals surface area contributed by atoms with Gasteiger partial charge in [0.25, 0.3) is 5.69 Å². The van der Waals surface area contributed by atoms with Crippen molar-refractivity contribution in [2.24, 2.45) is 4.99 Å². The van der Waals surface area contributed by atoms with Crippen LogP contribution in [0, 0.1) is 10.1 Å². The minimum absolute atomic E-state index is 0.0137. The van der Waals surface area contributed by atoms with Crippen molar-refractivity contribution < 1.29 is 4.92 Å². The first-order valence-electron chi connectivity index (χ1n) is 5.61. The van der Waals surface area contributed by atoms with Gasteiger partial charge in [0.05, 0.1) is 15.5 Å². The standard InChI is InChI=1S/C13H14N2O2S/c1-13(2)9-18-12(14-13)8-5-10-3-6-11(7-4-10)15(16)17/h3-8H,9H2,1-2H3/b8-5+. The van der Waals surface area contributed by atoms with Gasteiger partial charge < -0.3 is 0 Å². The maximum absolute atomic E-state index is 10.5. The molecule has 1 aromatic rings. The second kappa shape index (κ2) is 4.94. The summed E-state index contributed by atoms with van der Waals surface area (Å²) in [6, 6.07) is 6.49. The van der Waals surface area contributed by atoms with Crippen LogP contribution in [0.25, 0.3) is 6.08 Å². The summed E-state index contributed by atoms with van der Waals surface area (Å²) >= 11 is 1.73. The van der Waals surface area contributed by atoms with Gasteiger partial charge in [-0.1, -0.05) is 6.08 Å². The lowest BCUT2D eigenvalue weighted by Gasteiger charge is -2.09.